The van der Waals surface area contributed by atoms with Gasteiger partial charge in [0.2, 0.25) is 5.91 Å². The van der Waals surface area contributed by atoms with Crippen molar-refractivity contribution in [2.75, 3.05) is 11.9 Å². The Bertz CT molecular complexity index is 1000. The number of thiophene rings is 1. The van der Waals surface area contributed by atoms with Crippen molar-refractivity contribution in [2.24, 2.45) is 0 Å². The van der Waals surface area contributed by atoms with Crippen molar-refractivity contribution >= 4 is 44.8 Å². The molecule has 1 unspecified atom stereocenters. The second-order valence-electron chi connectivity index (χ2n) is 6.50. The Morgan fingerprint density at radius 3 is 2.67 bits per heavy atom. The molecule has 0 bridgehead atoms. The molecule has 2 amide bonds. The van der Waals surface area contributed by atoms with Crippen LogP contribution in [0.25, 0.3) is 0 Å². The molecule has 3 aromatic rings. The van der Waals surface area contributed by atoms with Crippen LogP contribution in [0.3, 0.4) is 0 Å². The van der Waals surface area contributed by atoms with Gasteiger partial charge in [0.1, 0.15) is 6.54 Å². The van der Waals surface area contributed by atoms with E-state index in [2.05, 4.69) is 21.2 Å². The summed E-state index contributed by atoms with van der Waals surface area (Å²) < 4.78 is 0.904. The molecule has 1 aromatic heterocycles. The zero-order valence-corrected chi connectivity index (χ0v) is 17.0. The molecule has 2 heterocycles. The minimum Gasteiger partial charge on any atom is -0.324 e. The van der Waals surface area contributed by atoms with Gasteiger partial charge in [-0.05, 0) is 48.7 Å². The summed E-state index contributed by atoms with van der Waals surface area (Å²) in [4.78, 5) is 28.6. The molecule has 0 fully saturated rings. The van der Waals surface area contributed by atoms with Gasteiger partial charge < -0.3 is 10.2 Å². The molecule has 136 valence electrons. The summed E-state index contributed by atoms with van der Waals surface area (Å²) in [5, 5.41) is 4.93. The standard InChI is InChI=1S/C21H17BrN2O2S/c1-13-4-6-14(7-5-13)21(26)24-12-19(25)23-17-9-8-15(22)11-16(17)20(24)18-3-2-10-27-18/h2-11,20H,12H2,1H3,(H,23,25). The second kappa shape index (κ2) is 7.29. The molecule has 6 heteroatoms. The topological polar surface area (TPSA) is 49.4 Å². The Hall–Kier alpha value is -2.44. The van der Waals surface area contributed by atoms with Gasteiger partial charge in [0, 0.05) is 26.2 Å². The number of hydrogen-bond acceptors (Lipinski definition) is 3. The largest absolute Gasteiger partial charge is 0.324 e. The number of anilines is 1. The predicted octanol–water partition coefficient (Wildman–Crippen LogP) is 5.00. The fraction of sp³-hybridized carbons (Fsp3) is 0.143. The number of benzene rings is 2. The molecule has 0 saturated carbocycles. The number of fused-ring (bicyclic) bond motifs is 1. The van der Waals surface area contributed by atoms with E-state index in [1.807, 2.05) is 66.9 Å². The summed E-state index contributed by atoms with van der Waals surface area (Å²) in [6.07, 6.45) is 0. The first-order valence-electron chi connectivity index (χ1n) is 8.53. The average molecular weight is 441 g/mol. The summed E-state index contributed by atoms with van der Waals surface area (Å²) in [6.45, 7) is 1.98. The summed E-state index contributed by atoms with van der Waals surface area (Å²) in [5.41, 5.74) is 3.30. The van der Waals surface area contributed by atoms with Gasteiger partial charge in [-0.2, -0.15) is 0 Å². The van der Waals surface area contributed by atoms with Crippen molar-refractivity contribution in [3.8, 4) is 0 Å². The van der Waals surface area contributed by atoms with E-state index in [0.29, 0.717) is 5.56 Å². The van der Waals surface area contributed by atoms with E-state index >= 15 is 0 Å². The summed E-state index contributed by atoms with van der Waals surface area (Å²) in [6, 6.07) is 16.8. The average Bonchev–Trinajstić information content (AvgIpc) is 3.13. The molecular formula is C21H17BrN2O2S. The van der Waals surface area contributed by atoms with Gasteiger partial charge in [0.05, 0.1) is 6.04 Å². The van der Waals surface area contributed by atoms with Crippen molar-refractivity contribution in [1.82, 2.24) is 4.90 Å². The first-order chi connectivity index (χ1) is 13.0. The van der Waals surface area contributed by atoms with Gasteiger partial charge in [-0.25, -0.2) is 0 Å². The monoisotopic (exact) mass is 440 g/mol. The lowest BCUT2D eigenvalue weighted by molar-refractivity contribution is -0.117. The van der Waals surface area contributed by atoms with E-state index in [9.17, 15) is 9.59 Å². The van der Waals surface area contributed by atoms with E-state index in [1.54, 1.807) is 16.2 Å². The minimum absolute atomic E-state index is 0.00156. The molecule has 1 atom stereocenters. The first kappa shape index (κ1) is 17.9. The third-order valence-electron chi connectivity index (χ3n) is 4.58. The van der Waals surface area contributed by atoms with E-state index in [4.69, 9.17) is 0 Å². The zero-order valence-electron chi connectivity index (χ0n) is 14.6. The summed E-state index contributed by atoms with van der Waals surface area (Å²) in [7, 11) is 0. The third kappa shape index (κ3) is 3.55. The number of nitrogens with one attached hydrogen (secondary N) is 1. The fourth-order valence-electron chi connectivity index (χ4n) is 3.28. The molecule has 0 aliphatic carbocycles. The maximum atomic E-state index is 13.3. The fourth-order valence-corrected chi connectivity index (χ4v) is 4.52. The van der Waals surface area contributed by atoms with Crippen LogP contribution >= 0.6 is 27.3 Å². The molecule has 0 saturated heterocycles. The van der Waals surface area contributed by atoms with Gasteiger partial charge in [0.15, 0.2) is 0 Å². The van der Waals surface area contributed by atoms with Gasteiger partial charge in [-0.15, -0.1) is 11.3 Å². The third-order valence-corrected chi connectivity index (χ3v) is 6.00. The van der Waals surface area contributed by atoms with Crippen LogP contribution in [0.1, 0.15) is 32.4 Å². The normalized spacial score (nSPS) is 16.4. The van der Waals surface area contributed by atoms with Crippen LogP contribution in [0, 0.1) is 6.92 Å². The Morgan fingerprint density at radius 1 is 1.19 bits per heavy atom. The van der Waals surface area contributed by atoms with E-state index in [1.165, 1.54) is 0 Å². The number of nitrogens with zero attached hydrogens (tertiary/aromatic N) is 1. The number of rotatable bonds is 2. The molecular weight excluding hydrogens is 424 g/mol. The van der Waals surface area contributed by atoms with Gasteiger partial charge in [-0.3, -0.25) is 9.59 Å². The van der Waals surface area contributed by atoms with Crippen LogP contribution in [0.15, 0.2) is 64.5 Å². The number of hydrogen-bond donors (Lipinski definition) is 1. The Kier molecular flexibility index (Phi) is 4.85. The SMILES string of the molecule is Cc1ccc(C(=O)N2CC(=O)Nc3ccc(Br)cc3C2c2cccs2)cc1. The van der Waals surface area contributed by atoms with Crippen molar-refractivity contribution in [3.63, 3.8) is 0 Å². The lowest BCUT2D eigenvalue weighted by Gasteiger charge is -2.29. The molecule has 1 N–H and O–H groups in total. The van der Waals surface area contributed by atoms with Crippen LogP contribution in [0.2, 0.25) is 0 Å². The van der Waals surface area contributed by atoms with E-state index < -0.39 is 0 Å². The van der Waals surface area contributed by atoms with Gasteiger partial charge in [-0.1, -0.05) is 39.7 Å². The Labute approximate surface area is 170 Å². The van der Waals surface area contributed by atoms with E-state index in [0.717, 1.165) is 26.2 Å². The highest BCUT2D eigenvalue weighted by Crippen LogP contribution is 2.39. The lowest BCUT2D eigenvalue weighted by atomic mass is 10.0. The number of carbonyl (C=O) groups excluding carboxylic acids is 2. The maximum absolute atomic E-state index is 13.3. The zero-order chi connectivity index (χ0) is 19.0. The number of carbonyl (C=O) groups is 2. The van der Waals surface area contributed by atoms with Crippen LogP contribution in [0.4, 0.5) is 5.69 Å². The first-order valence-corrected chi connectivity index (χ1v) is 10.2. The minimum atomic E-state index is -0.328. The molecule has 1 aliphatic rings. The van der Waals surface area contributed by atoms with Crippen LogP contribution < -0.4 is 5.32 Å². The highest BCUT2D eigenvalue weighted by molar-refractivity contribution is 9.10. The molecule has 4 nitrogen and oxygen atoms in total. The Morgan fingerprint density at radius 2 is 1.96 bits per heavy atom. The number of amides is 2. The number of aryl methyl sites for hydroxylation is 1. The predicted molar refractivity (Wildman–Crippen MR) is 111 cm³/mol. The van der Waals surface area contributed by atoms with E-state index in [-0.39, 0.29) is 24.4 Å². The van der Waals surface area contributed by atoms with Crippen molar-refractivity contribution in [3.05, 3.63) is 86.0 Å². The maximum Gasteiger partial charge on any atom is 0.255 e. The van der Waals surface area contributed by atoms with Crippen LogP contribution in [0.5, 0.6) is 0 Å². The number of halogens is 1. The molecule has 27 heavy (non-hydrogen) atoms. The van der Waals surface area contributed by atoms with Crippen molar-refractivity contribution in [1.29, 1.82) is 0 Å². The molecule has 0 spiro atoms. The quantitative estimate of drug-likeness (QED) is 0.609. The molecule has 0 radical (unpaired) electrons. The highest BCUT2D eigenvalue weighted by Gasteiger charge is 2.34. The molecule has 2 aromatic carbocycles. The molecule has 4 rings (SSSR count). The lowest BCUT2D eigenvalue weighted by Crippen LogP contribution is -2.38. The highest BCUT2D eigenvalue weighted by atomic mass is 79.9. The van der Waals surface area contributed by atoms with Crippen LogP contribution in [-0.4, -0.2) is 23.3 Å². The van der Waals surface area contributed by atoms with Crippen molar-refractivity contribution < 1.29 is 9.59 Å². The van der Waals surface area contributed by atoms with Crippen LogP contribution in [-0.2, 0) is 4.79 Å². The molecule has 1 aliphatic heterocycles. The summed E-state index contributed by atoms with van der Waals surface area (Å²) >= 11 is 5.10. The second-order valence-corrected chi connectivity index (χ2v) is 8.39. The van der Waals surface area contributed by atoms with Gasteiger partial charge >= 0.3 is 0 Å². The van der Waals surface area contributed by atoms with Gasteiger partial charge in [0.25, 0.3) is 5.91 Å². The summed E-state index contributed by atoms with van der Waals surface area (Å²) in [5.74, 6) is -0.352. The van der Waals surface area contributed by atoms with Crippen molar-refractivity contribution in [2.45, 2.75) is 13.0 Å². The smallest absolute Gasteiger partial charge is 0.255 e. The Balaban J connectivity index is 1.86.